The Morgan fingerprint density at radius 1 is 0.919 bits per heavy atom. The minimum atomic E-state index is -1.41. The maximum absolute atomic E-state index is 13.0. The molecule has 0 aliphatic carbocycles. The zero-order chi connectivity index (χ0) is 26.7. The SMILES string of the molecule is COc1c(OCc2ccccc2)cc([C@@H](N=[N+]=[N-])C(=O)OCC[Si](C)(C)C)cc1OCc1ccccc1. The van der Waals surface area contributed by atoms with E-state index in [0.29, 0.717) is 22.8 Å². The summed E-state index contributed by atoms with van der Waals surface area (Å²) in [4.78, 5) is 15.9. The number of hydrogen-bond donors (Lipinski definition) is 0. The molecule has 0 N–H and O–H groups in total. The summed E-state index contributed by atoms with van der Waals surface area (Å²) >= 11 is 0. The zero-order valence-corrected chi connectivity index (χ0v) is 22.7. The molecule has 0 aliphatic rings. The lowest BCUT2D eigenvalue weighted by molar-refractivity contribution is -0.144. The van der Waals surface area contributed by atoms with E-state index in [1.807, 2.05) is 60.7 Å². The van der Waals surface area contributed by atoms with Crippen LogP contribution in [0, 0.1) is 0 Å². The highest BCUT2D eigenvalue weighted by Gasteiger charge is 2.26. The molecule has 0 amide bonds. The quantitative estimate of drug-likeness (QED) is 0.0789. The van der Waals surface area contributed by atoms with Gasteiger partial charge in [-0.2, -0.15) is 0 Å². The van der Waals surface area contributed by atoms with Crippen molar-refractivity contribution in [3.8, 4) is 17.2 Å². The van der Waals surface area contributed by atoms with E-state index in [0.717, 1.165) is 17.2 Å². The molecule has 9 heteroatoms. The number of carbonyl (C=O) groups is 1. The van der Waals surface area contributed by atoms with Crippen molar-refractivity contribution in [1.29, 1.82) is 0 Å². The Bertz CT molecular complexity index is 1140. The van der Waals surface area contributed by atoms with E-state index < -0.39 is 20.1 Å². The minimum Gasteiger partial charge on any atom is -0.490 e. The summed E-state index contributed by atoms with van der Waals surface area (Å²) in [5.74, 6) is 0.478. The van der Waals surface area contributed by atoms with E-state index in [1.165, 1.54) is 7.11 Å². The maximum atomic E-state index is 13.0. The maximum Gasteiger partial charge on any atom is 0.319 e. The van der Waals surface area contributed by atoms with Crippen molar-refractivity contribution in [3.63, 3.8) is 0 Å². The highest BCUT2D eigenvalue weighted by atomic mass is 28.3. The monoisotopic (exact) mass is 519 g/mol. The molecule has 1 atom stereocenters. The third kappa shape index (κ3) is 8.59. The van der Waals surface area contributed by atoms with Crippen LogP contribution in [0.2, 0.25) is 25.7 Å². The summed E-state index contributed by atoms with van der Waals surface area (Å²) in [6, 6.07) is 22.2. The third-order valence-electron chi connectivity index (χ3n) is 5.52. The van der Waals surface area contributed by atoms with E-state index in [9.17, 15) is 10.3 Å². The van der Waals surface area contributed by atoms with Gasteiger partial charge >= 0.3 is 5.97 Å². The van der Waals surface area contributed by atoms with Crippen molar-refractivity contribution < 1.29 is 23.7 Å². The normalized spacial score (nSPS) is 11.7. The van der Waals surface area contributed by atoms with Gasteiger partial charge in [-0.05, 0) is 40.4 Å². The Morgan fingerprint density at radius 3 is 1.86 bits per heavy atom. The van der Waals surface area contributed by atoms with Crippen LogP contribution in [-0.2, 0) is 22.7 Å². The summed E-state index contributed by atoms with van der Waals surface area (Å²) in [6.45, 7) is 7.40. The van der Waals surface area contributed by atoms with Crippen LogP contribution in [-0.4, -0.2) is 27.8 Å². The number of methoxy groups -OCH3 is 1. The van der Waals surface area contributed by atoms with Gasteiger partial charge in [-0.1, -0.05) is 85.4 Å². The molecule has 0 aromatic heterocycles. The van der Waals surface area contributed by atoms with Crippen molar-refractivity contribution in [2.45, 2.75) is 44.9 Å². The number of rotatable bonds is 13. The number of hydrogen-bond acceptors (Lipinski definition) is 6. The number of esters is 1. The van der Waals surface area contributed by atoms with Crippen molar-refractivity contribution in [3.05, 3.63) is 99.9 Å². The van der Waals surface area contributed by atoms with E-state index >= 15 is 0 Å². The Balaban J connectivity index is 1.94. The van der Waals surface area contributed by atoms with Gasteiger partial charge in [0.15, 0.2) is 17.5 Å². The second kappa shape index (κ2) is 13.4. The molecule has 37 heavy (non-hydrogen) atoms. The van der Waals surface area contributed by atoms with Gasteiger partial charge in [0.2, 0.25) is 5.75 Å². The number of ether oxygens (including phenoxy) is 4. The Morgan fingerprint density at radius 2 is 1.43 bits per heavy atom. The molecule has 0 saturated carbocycles. The lowest BCUT2D eigenvalue weighted by Gasteiger charge is -2.20. The van der Waals surface area contributed by atoms with Gasteiger partial charge in [0, 0.05) is 13.0 Å². The Labute approximate surface area is 218 Å². The molecule has 3 rings (SSSR count). The largest absolute Gasteiger partial charge is 0.490 e. The first-order chi connectivity index (χ1) is 17.8. The number of benzene rings is 3. The van der Waals surface area contributed by atoms with Crippen LogP contribution in [0.4, 0.5) is 0 Å². The first kappa shape index (κ1) is 27.6. The fourth-order valence-electron chi connectivity index (χ4n) is 3.48. The summed E-state index contributed by atoms with van der Waals surface area (Å²) in [5, 5.41) is 3.75. The second-order valence-electron chi connectivity index (χ2n) is 9.68. The molecular formula is C28H33N3O5Si. The topological polar surface area (TPSA) is 103 Å². The molecule has 0 fully saturated rings. The smallest absolute Gasteiger partial charge is 0.319 e. The van der Waals surface area contributed by atoms with E-state index in [1.54, 1.807) is 12.1 Å². The van der Waals surface area contributed by atoms with Gasteiger partial charge in [-0.3, -0.25) is 4.79 Å². The van der Waals surface area contributed by atoms with E-state index in [4.69, 9.17) is 18.9 Å². The van der Waals surface area contributed by atoms with Crippen molar-refractivity contribution in [2.24, 2.45) is 5.11 Å². The molecule has 0 heterocycles. The summed E-state index contributed by atoms with van der Waals surface area (Å²) in [5.41, 5.74) is 11.5. The van der Waals surface area contributed by atoms with Crippen molar-refractivity contribution in [1.82, 2.24) is 0 Å². The lowest BCUT2D eigenvalue weighted by Crippen LogP contribution is -2.24. The van der Waals surface area contributed by atoms with Crippen LogP contribution in [0.15, 0.2) is 77.9 Å². The van der Waals surface area contributed by atoms with Gasteiger partial charge in [0.1, 0.15) is 13.2 Å². The Hall–Kier alpha value is -3.94. The second-order valence-corrected chi connectivity index (χ2v) is 15.3. The molecule has 0 aliphatic heterocycles. The predicted molar refractivity (Wildman–Crippen MR) is 146 cm³/mol. The standard InChI is InChI=1S/C28H33N3O5Si/c1-33-27-24(35-19-21-11-7-5-8-12-21)17-23(18-25(27)36-20-22-13-9-6-10-14-22)26(30-31-29)28(32)34-15-16-37(2,3)4/h5-14,17-18,26H,15-16,19-20H2,1-4H3/t26-/m1/s1. The Kier molecular flexibility index (Phi) is 10.0. The lowest BCUT2D eigenvalue weighted by atomic mass is 10.1. The molecule has 194 valence electrons. The highest BCUT2D eigenvalue weighted by Crippen LogP contribution is 2.42. The zero-order valence-electron chi connectivity index (χ0n) is 21.7. The van der Waals surface area contributed by atoms with Gasteiger partial charge in [0.05, 0.1) is 13.7 Å². The molecular weight excluding hydrogens is 486 g/mol. The van der Waals surface area contributed by atoms with Gasteiger partial charge in [-0.25, -0.2) is 0 Å². The first-order valence-electron chi connectivity index (χ1n) is 12.1. The minimum absolute atomic E-state index is 0.269. The number of nitrogens with zero attached hydrogens (tertiary/aromatic N) is 3. The average Bonchev–Trinajstić information content (AvgIpc) is 2.89. The van der Waals surface area contributed by atoms with Gasteiger partial charge in [0.25, 0.3) is 0 Å². The van der Waals surface area contributed by atoms with Crippen molar-refractivity contribution in [2.75, 3.05) is 13.7 Å². The van der Waals surface area contributed by atoms with Crippen LogP contribution >= 0.6 is 0 Å². The fourth-order valence-corrected chi connectivity index (χ4v) is 4.19. The number of azide groups is 1. The molecule has 8 nitrogen and oxygen atoms in total. The molecule has 3 aromatic rings. The fraction of sp³-hybridized carbons (Fsp3) is 0.321. The van der Waals surface area contributed by atoms with Gasteiger partial charge in [-0.15, -0.1) is 0 Å². The molecule has 0 radical (unpaired) electrons. The average molecular weight is 520 g/mol. The molecule has 3 aromatic carbocycles. The predicted octanol–water partition coefficient (Wildman–Crippen LogP) is 7.09. The van der Waals surface area contributed by atoms with Gasteiger partial charge < -0.3 is 18.9 Å². The van der Waals surface area contributed by atoms with Crippen LogP contribution in [0.1, 0.15) is 22.7 Å². The summed E-state index contributed by atoms with van der Waals surface area (Å²) < 4.78 is 23.3. The number of carbonyl (C=O) groups excluding carboxylic acids is 1. The molecule has 0 bridgehead atoms. The van der Waals surface area contributed by atoms with Crippen LogP contribution in [0.3, 0.4) is 0 Å². The highest BCUT2D eigenvalue weighted by molar-refractivity contribution is 6.76. The summed E-state index contributed by atoms with van der Waals surface area (Å²) in [7, 11) is 0.113. The van der Waals surface area contributed by atoms with Crippen LogP contribution in [0.5, 0.6) is 17.2 Å². The van der Waals surface area contributed by atoms with Crippen LogP contribution < -0.4 is 14.2 Å². The van der Waals surface area contributed by atoms with E-state index in [2.05, 4.69) is 29.7 Å². The molecule has 0 saturated heterocycles. The van der Waals surface area contributed by atoms with E-state index in [-0.39, 0.29) is 19.8 Å². The molecule has 0 spiro atoms. The third-order valence-corrected chi connectivity index (χ3v) is 7.23. The van der Waals surface area contributed by atoms with Crippen LogP contribution in [0.25, 0.3) is 10.4 Å². The molecule has 0 unspecified atom stereocenters. The summed E-state index contributed by atoms with van der Waals surface area (Å²) in [6.07, 6.45) is 0. The van der Waals surface area contributed by atoms with Crippen molar-refractivity contribution >= 4 is 14.0 Å². The first-order valence-corrected chi connectivity index (χ1v) is 15.8.